The highest BCUT2D eigenvalue weighted by Gasteiger charge is 2.50. The molecule has 0 radical (unpaired) electrons. The van der Waals surface area contributed by atoms with Gasteiger partial charge in [0, 0.05) is 12.1 Å². The molecule has 0 aliphatic heterocycles. The summed E-state index contributed by atoms with van der Waals surface area (Å²) in [6.45, 7) is 0. The van der Waals surface area contributed by atoms with Gasteiger partial charge in [-0.15, -0.1) is 10.2 Å². The lowest BCUT2D eigenvalue weighted by Gasteiger charge is -2.43. The summed E-state index contributed by atoms with van der Waals surface area (Å²) in [6, 6.07) is 10.1. The van der Waals surface area contributed by atoms with Crippen molar-refractivity contribution in [3.8, 4) is 0 Å². The molecule has 1 unspecified atom stereocenters. The Morgan fingerprint density at radius 2 is 1.96 bits per heavy atom. The first-order valence-electron chi connectivity index (χ1n) is 8.23. The maximum Gasteiger partial charge on any atom is 0.143 e. The van der Waals surface area contributed by atoms with Gasteiger partial charge in [0.2, 0.25) is 0 Å². The van der Waals surface area contributed by atoms with Crippen LogP contribution in [0.3, 0.4) is 0 Å². The zero-order chi connectivity index (χ0) is 16.7. The van der Waals surface area contributed by atoms with E-state index in [0.29, 0.717) is 12.8 Å². The first-order valence-corrected chi connectivity index (χ1v) is 8.61. The number of hydrogen-bond donors (Lipinski definition) is 0. The SMILES string of the molecule is Cn1c(C2CC=CC=C2Cl)nnc1C1(c2ccccc2)CC(F)C1. The number of hydrogen-bond acceptors (Lipinski definition) is 2. The molecule has 2 aliphatic rings. The second kappa shape index (κ2) is 5.85. The van der Waals surface area contributed by atoms with Gasteiger partial charge >= 0.3 is 0 Å². The van der Waals surface area contributed by atoms with Crippen molar-refractivity contribution in [3.05, 3.63) is 70.8 Å². The molecule has 24 heavy (non-hydrogen) atoms. The molecular weight excluding hydrogens is 325 g/mol. The average molecular weight is 344 g/mol. The quantitative estimate of drug-likeness (QED) is 0.827. The summed E-state index contributed by atoms with van der Waals surface area (Å²) < 4.78 is 15.9. The summed E-state index contributed by atoms with van der Waals surface area (Å²) in [5.41, 5.74) is 0.715. The average Bonchev–Trinajstić information content (AvgIpc) is 2.95. The monoisotopic (exact) mass is 343 g/mol. The van der Waals surface area contributed by atoms with Crippen LogP contribution in [-0.4, -0.2) is 20.9 Å². The molecule has 1 aromatic heterocycles. The van der Waals surface area contributed by atoms with E-state index in [4.69, 9.17) is 11.6 Å². The summed E-state index contributed by atoms with van der Waals surface area (Å²) >= 11 is 6.37. The third kappa shape index (κ3) is 2.32. The molecule has 1 aromatic carbocycles. The number of allylic oxidation sites excluding steroid dienone is 4. The molecule has 1 atom stereocenters. The molecule has 0 spiro atoms. The Bertz CT molecular complexity index is 803. The third-order valence-electron chi connectivity index (χ3n) is 5.21. The number of alkyl halides is 1. The number of nitrogens with zero attached hydrogens (tertiary/aromatic N) is 3. The number of aromatic nitrogens is 3. The lowest BCUT2D eigenvalue weighted by molar-refractivity contribution is 0.114. The topological polar surface area (TPSA) is 30.7 Å². The lowest BCUT2D eigenvalue weighted by atomic mass is 9.62. The summed E-state index contributed by atoms with van der Waals surface area (Å²) in [4.78, 5) is 0. The third-order valence-corrected chi connectivity index (χ3v) is 5.60. The Morgan fingerprint density at radius 1 is 1.21 bits per heavy atom. The largest absolute Gasteiger partial charge is 0.317 e. The summed E-state index contributed by atoms with van der Waals surface area (Å²) in [7, 11) is 1.96. The van der Waals surface area contributed by atoms with Crippen LogP contribution in [0.4, 0.5) is 4.39 Å². The summed E-state index contributed by atoms with van der Waals surface area (Å²) in [5.74, 6) is 1.70. The van der Waals surface area contributed by atoms with Crippen LogP contribution in [0.25, 0.3) is 0 Å². The van der Waals surface area contributed by atoms with Crippen LogP contribution in [0, 0.1) is 0 Å². The summed E-state index contributed by atoms with van der Waals surface area (Å²) in [5, 5.41) is 9.66. The van der Waals surface area contributed by atoms with Gasteiger partial charge in [-0.1, -0.05) is 54.1 Å². The Hall–Kier alpha value is -1.94. The normalized spacial score (nSPS) is 29.2. The molecule has 1 saturated carbocycles. The molecular formula is C19H19ClFN3. The van der Waals surface area contributed by atoms with Crippen molar-refractivity contribution in [2.45, 2.75) is 36.8 Å². The molecule has 1 fully saturated rings. The zero-order valence-corrected chi connectivity index (χ0v) is 14.2. The maximum atomic E-state index is 13.8. The van der Waals surface area contributed by atoms with Crippen molar-refractivity contribution in [2.24, 2.45) is 7.05 Å². The van der Waals surface area contributed by atoms with Gasteiger partial charge < -0.3 is 4.57 Å². The fourth-order valence-corrected chi connectivity index (χ4v) is 4.15. The van der Waals surface area contributed by atoms with E-state index in [2.05, 4.69) is 28.4 Å². The van der Waals surface area contributed by atoms with Crippen LogP contribution in [0.1, 0.15) is 42.4 Å². The van der Waals surface area contributed by atoms with E-state index >= 15 is 0 Å². The second-order valence-electron chi connectivity index (χ2n) is 6.66. The van der Waals surface area contributed by atoms with Crippen LogP contribution >= 0.6 is 11.6 Å². The maximum absolute atomic E-state index is 13.8. The Labute approximate surface area is 145 Å². The van der Waals surface area contributed by atoms with Gasteiger partial charge in [0.1, 0.15) is 17.8 Å². The molecule has 3 nitrogen and oxygen atoms in total. The van der Waals surface area contributed by atoms with E-state index in [1.807, 2.05) is 42.0 Å². The number of halogens is 2. The van der Waals surface area contributed by atoms with Crippen molar-refractivity contribution in [1.82, 2.24) is 14.8 Å². The van der Waals surface area contributed by atoms with Crippen molar-refractivity contribution in [2.75, 3.05) is 0 Å². The highest BCUT2D eigenvalue weighted by molar-refractivity contribution is 6.30. The van der Waals surface area contributed by atoms with E-state index < -0.39 is 6.17 Å². The minimum atomic E-state index is -0.786. The first-order chi connectivity index (χ1) is 11.6. The van der Waals surface area contributed by atoms with Gasteiger partial charge in [0.15, 0.2) is 0 Å². The number of rotatable bonds is 3. The van der Waals surface area contributed by atoms with Crippen LogP contribution < -0.4 is 0 Å². The van der Waals surface area contributed by atoms with Crippen molar-refractivity contribution >= 4 is 11.6 Å². The zero-order valence-electron chi connectivity index (χ0n) is 13.5. The van der Waals surface area contributed by atoms with Gasteiger partial charge in [-0.25, -0.2) is 4.39 Å². The van der Waals surface area contributed by atoms with Gasteiger partial charge in [-0.2, -0.15) is 0 Å². The van der Waals surface area contributed by atoms with E-state index in [1.54, 1.807) is 0 Å². The molecule has 0 amide bonds. The van der Waals surface area contributed by atoms with Crippen LogP contribution in [0.2, 0.25) is 0 Å². The van der Waals surface area contributed by atoms with E-state index in [1.165, 1.54) is 0 Å². The van der Waals surface area contributed by atoms with Gasteiger partial charge in [0.05, 0.1) is 11.3 Å². The molecule has 0 bridgehead atoms. The van der Waals surface area contributed by atoms with Crippen molar-refractivity contribution in [3.63, 3.8) is 0 Å². The van der Waals surface area contributed by atoms with Crippen molar-refractivity contribution < 1.29 is 4.39 Å². The predicted molar refractivity (Wildman–Crippen MR) is 92.8 cm³/mol. The molecule has 1 heterocycles. The van der Waals surface area contributed by atoms with Gasteiger partial charge in [-0.3, -0.25) is 0 Å². The minimum Gasteiger partial charge on any atom is -0.317 e. The van der Waals surface area contributed by atoms with Crippen LogP contribution in [-0.2, 0) is 12.5 Å². The van der Waals surface area contributed by atoms with E-state index in [-0.39, 0.29) is 11.3 Å². The van der Waals surface area contributed by atoms with Crippen LogP contribution in [0.5, 0.6) is 0 Å². The van der Waals surface area contributed by atoms with Gasteiger partial charge in [-0.05, 0) is 30.9 Å². The Kier molecular flexibility index (Phi) is 3.80. The molecule has 0 saturated heterocycles. The molecule has 0 N–H and O–H groups in total. The molecule has 4 rings (SSSR count). The number of benzene rings is 1. The smallest absolute Gasteiger partial charge is 0.143 e. The van der Waals surface area contributed by atoms with Gasteiger partial charge in [0.25, 0.3) is 0 Å². The highest BCUT2D eigenvalue weighted by atomic mass is 35.5. The standard InChI is InChI=1S/C19H19ClFN3/c1-24-17(15-9-5-6-10-16(15)20)22-23-18(24)19(11-14(21)12-19)13-7-3-2-4-8-13/h2-8,10,14-15H,9,11-12H2,1H3. The highest BCUT2D eigenvalue weighted by Crippen LogP contribution is 2.50. The fraction of sp³-hybridized carbons (Fsp3) is 0.368. The van der Waals surface area contributed by atoms with Crippen LogP contribution in [0.15, 0.2) is 53.6 Å². The lowest BCUT2D eigenvalue weighted by Crippen LogP contribution is -2.45. The first kappa shape index (κ1) is 15.6. The molecule has 124 valence electrons. The molecule has 2 aliphatic carbocycles. The summed E-state index contributed by atoms with van der Waals surface area (Å²) in [6.07, 6.45) is 6.88. The second-order valence-corrected chi connectivity index (χ2v) is 7.10. The van der Waals surface area contributed by atoms with E-state index in [0.717, 1.165) is 28.7 Å². The fourth-order valence-electron chi connectivity index (χ4n) is 3.89. The minimum absolute atomic E-state index is 0.0250. The predicted octanol–water partition coefficient (Wildman–Crippen LogP) is 4.40. The van der Waals surface area contributed by atoms with E-state index in [9.17, 15) is 4.39 Å². The Morgan fingerprint density at radius 3 is 2.62 bits per heavy atom. The molecule has 2 aromatic rings. The van der Waals surface area contributed by atoms with Crippen molar-refractivity contribution in [1.29, 1.82) is 0 Å². The molecule has 5 heteroatoms. The Balaban J connectivity index is 1.76.